The Hall–Kier alpha value is -2.89. The molecule has 6 nitrogen and oxygen atoms in total. The standard InChI is InChI=1S/C20H15N3O3/c21-23-22-17-16-12-7-6-10-3-1-2-9-4-5-11(15(12)14(9)10)8-13(16)18(24)20(26)19(17)25/h1-8,17-20,24-26H/t17-,18-,19+,20+/m1/s1. The van der Waals surface area contributed by atoms with Gasteiger partial charge in [-0.3, -0.25) is 0 Å². The average molecular weight is 345 g/mol. The topological polar surface area (TPSA) is 109 Å². The van der Waals surface area contributed by atoms with Gasteiger partial charge in [0.05, 0.1) is 12.1 Å². The van der Waals surface area contributed by atoms with Crippen LogP contribution < -0.4 is 0 Å². The normalized spacial score (nSPS) is 25.5. The summed E-state index contributed by atoms with van der Waals surface area (Å²) in [6.45, 7) is 0. The van der Waals surface area contributed by atoms with Gasteiger partial charge in [0.2, 0.25) is 0 Å². The van der Waals surface area contributed by atoms with Gasteiger partial charge in [0.25, 0.3) is 0 Å². The molecule has 0 aromatic heterocycles. The van der Waals surface area contributed by atoms with Crippen molar-refractivity contribution in [1.29, 1.82) is 0 Å². The number of rotatable bonds is 1. The van der Waals surface area contributed by atoms with E-state index in [1.807, 2.05) is 48.5 Å². The predicted molar refractivity (Wildman–Crippen MR) is 99.0 cm³/mol. The lowest BCUT2D eigenvalue weighted by atomic mass is 9.77. The molecule has 6 heteroatoms. The molecule has 0 saturated carbocycles. The van der Waals surface area contributed by atoms with Crippen molar-refractivity contribution in [2.45, 2.75) is 24.4 Å². The first-order valence-corrected chi connectivity index (χ1v) is 8.40. The molecule has 0 aliphatic heterocycles. The predicted octanol–water partition coefficient (Wildman–Crippen LogP) is 3.70. The Morgan fingerprint density at radius 2 is 1.54 bits per heavy atom. The van der Waals surface area contributed by atoms with Gasteiger partial charge < -0.3 is 15.3 Å². The van der Waals surface area contributed by atoms with E-state index in [1.165, 1.54) is 0 Å². The van der Waals surface area contributed by atoms with Crippen LogP contribution in [0.1, 0.15) is 23.3 Å². The number of nitrogens with zero attached hydrogens (tertiary/aromatic N) is 3. The highest BCUT2D eigenvalue weighted by Gasteiger charge is 2.41. The molecule has 0 unspecified atom stereocenters. The Labute approximate surface area is 147 Å². The van der Waals surface area contributed by atoms with Crippen LogP contribution >= 0.6 is 0 Å². The van der Waals surface area contributed by atoms with Gasteiger partial charge in [0.1, 0.15) is 12.2 Å². The molecule has 3 N–H and O–H groups in total. The molecule has 4 aromatic carbocycles. The minimum absolute atomic E-state index is 0.492. The summed E-state index contributed by atoms with van der Waals surface area (Å²) in [7, 11) is 0. The van der Waals surface area contributed by atoms with Crippen molar-refractivity contribution in [2.24, 2.45) is 5.11 Å². The lowest BCUT2D eigenvalue weighted by molar-refractivity contribution is -0.0792. The second-order valence-corrected chi connectivity index (χ2v) is 6.81. The lowest BCUT2D eigenvalue weighted by Gasteiger charge is -2.36. The van der Waals surface area contributed by atoms with E-state index in [0.717, 1.165) is 32.3 Å². The maximum atomic E-state index is 10.5. The highest BCUT2D eigenvalue weighted by molar-refractivity contribution is 6.23. The molecule has 26 heavy (non-hydrogen) atoms. The molecule has 0 bridgehead atoms. The van der Waals surface area contributed by atoms with Gasteiger partial charge in [-0.1, -0.05) is 47.6 Å². The Morgan fingerprint density at radius 3 is 2.27 bits per heavy atom. The zero-order valence-corrected chi connectivity index (χ0v) is 13.6. The third kappa shape index (κ3) is 1.84. The minimum Gasteiger partial charge on any atom is -0.390 e. The zero-order chi connectivity index (χ0) is 18.0. The van der Waals surface area contributed by atoms with Crippen LogP contribution in [0.5, 0.6) is 0 Å². The fraction of sp³-hybridized carbons (Fsp3) is 0.200. The molecule has 128 valence electrons. The van der Waals surface area contributed by atoms with Crippen LogP contribution in [0, 0.1) is 0 Å². The van der Waals surface area contributed by atoms with Crippen molar-refractivity contribution < 1.29 is 15.3 Å². The maximum absolute atomic E-state index is 10.5. The van der Waals surface area contributed by atoms with E-state index in [4.69, 9.17) is 5.53 Å². The van der Waals surface area contributed by atoms with Crippen molar-refractivity contribution in [3.05, 3.63) is 70.1 Å². The lowest BCUT2D eigenvalue weighted by Crippen LogP contribution is -2.41. The summed E-state index contributed by atoms with van der Waals surface area (Å²) < 4.78 is 0. The Kier molecular flexibility index (Phi) is 3.13. The van der Waals surface area contributed by atoms with E-state index in [-0.39, 0.29) is 0 Å². The Bertz CT molecular complexity index is 1200. The van der Waals surface area contributed by atoms with Crippen LogP contribution in [0.15, 0.2) is 53.6 Å². The van der Waals surface area contributed by atoms with Crippen molar-refractivity contribution in [2.75, 3.05) is 0 Å². The summed E-state index contributed by atoms with van der Waals surface area (Å²) in [4.78, 5) is 2.85. The van der Waals surface area contributed by atoms with E-state index in [0.29, 0.717) is 11.1 Å². The molecule has 4 atom stereocenters. The van der Waals surface area contributed by atoms with Crippen molar-refractivity contribution in [3.63, 3.8) is 0 Å². The first kappa shape index (κ1) is 15.4. The quantitative estimate of drug-likeness (QED) is 0.212. The molecule has 0 heterocycles. The molecular weight excluding hydrogens is 330 g/mol. The van der Waals surface area contributed by atoms with Crippen molar-refractivity contribution in [1.82, 2.24) is 0 Å². The van der Waals surface area contributed by atoms with Gasteiger partial charge in [-0.15, -0.1) is 0 Å². The summed E-state index contributed by atoms with van der Waals surface area (Å²) in [5.41, 5.74) is 10.0. The monoisotopic (exact) mass is 345 g/mol. The second-order valence-electron chi connectivity index (χ2n) is 6.81. The highest BCUT2D eigenvalue weighted by Crippen LogP contribution is 2.46. The van der Waals surface area contributed by atoms with Crippen LogP contribution in [-0.2, 0) is 0 Å². The fourth-order valence-corrected chi connectivity index (χ4v) is 4.34. The number of hydrogen-bond donors (Lipinski definition) is 3. The van der Waals surface area contributed by atoms with E-state index in [1.54, 1.807) is 0 Å². The molecule has 4 aromatic rings. The second kappa shape index (κ2) is 5.30. The maximum Gasteiger partial charge on any atom is 0.111 e. The van der Waals surface area contributed by atoms with Gasteiger partial charge in [0.15, 0.2) is 0 Å². The van der Waals surface area contributed by atoms with E-state index >= 15 is 0 Å². The van der Waals surface area contributed by atoms with Gasteiger partial charge in [0, 0.05) is 4.91 Å². The molecular formula is C20H15N3O3. The molecule has 0 saturated heterocycles. The molecule has 0 spiro atoms. The van der Waals surface area contributed by atoms with Crippen LogP contribution in [0.25, 0.3) is 42.8 Å². The number of azide groups is 1. The first-order chi connectivity index (χ1) is 12.6. The largest absolute Gasteiger partial charge is 0.390 e. The van der Waals surface area contributed by atoms with Crippen molar-refractivity contribution in [3.8, 4) is 0 Å². The molecule has 5 rings (SSSR count). The smallest absolute Gasteiger partial charge is 0.111 e. The number of fused-ring (bicyclic) bond motifs is 2. The summed E-state index contributed by atoms with van der Waals surface area (Å²) >= 11 is 0. The van der Waals surface area contributed by atoms with E-state index in [9.17, 15) is 15.3 Å². The van der Waals surface area contributed by atoms with Crippen LogP contribution in [0.3, 0.4) is 0 Å². The van der Waals surface area contributed by atoms with Crippen LogP contribution in [-0.4, -0.2) is 27.5 Å². The van der Waals surface area contributed by atoms with Gasteiger partial charge in [-0.25, -0.2) is 0 Å². The molecule has 0 fully saturated rings. The van der Waals surface area contributed by atoms with Crippen LogP contribution in [0.2, 0.25) is 0 Å². The van der Waals surface area contributed by atoms with E-state index in [2.05, 4.69) is 10.0 Å². The Morgan fingerprint density at radius 1 is 0.846 bits per heavy atom. The molecule has 1 aliphatic carbocycles. The van der Waals surface area contributed by atoms with Gasteiger partial charge in [-0.2, -0.15) is 0 Å². The molecule has 0 radical (unpaired) electrons. The molecule has 1 aliphatic rings. The summed E-state index contributed by atoms with van der Waals surface area (Å²) in [5, 5.41) is 40.9. The highest BCUT2D eigenvalue weighted by atomic mass is 16.4. The number of benzene rings is 4. The summed E-state index contributed by atoms with van der Waals surface area (Å²) in [6.07, 6.45) is -4.02. The zero-order valence-electron chi connectivity index (χ0n) is 13.6. The summed E-state index contributed by atoms with van der Waals surface area (Å²) in [6, 6.07) is 14.9. The van der Waals surface area contributed by atoms with Crippen molar-refractivity contribution >= 4 is 32.3 Å². The SMILES string of the molecule is [N-]=[N+]=N[C@@H]1c2c(cc3ccc4cccc5ccc2c3c45)[C@@H](O)[C@H](O)[C@H]1O. The molecule has 0 amide bonds. The minimum atomic E-state index is -1.41. The number of hydrogen-bond acceptors (Lipinski definition) is 4. The van der Waals surface area contributed by atoms with E-state index < -0.39 is 24.4 Å². The number of aliphatic hydroxyl groups excluding tert-OH is 3. The fourth-order valence-electron chi connectivity index (χ4n) is 4.34. The van der Waals surface area contributed by atoms with Crippen LogP contribution in [0.4, 0.5) is 0 Å². The Balaban J connectivity index is 2.00. The average Bonchev–Trinajstić information content (AvgIpc) is 2.67. The first-order valence-electron chi connectivity index (χ1n) is 8.40. The van der Waals surface area contributed by atoms with Gasteiger partial charge in [-0.05, 0) is 55.0 Å². The van der Waals surface area contributed by atoms with Gasteiger partial charge >= 0.3 is 0 Å². The summed E-state index contributed by atoms with van der Waals surface area (Å²) in [5.74, 6) is 0. The number of aliphatic hydroxyl groups is 3. The third-order valence-corrected chi connectivity index (χ3v) is 5.51. The third-order valence-electron chi connectivity index (χ3n) is 5.51.